The van der Waals surface area contributed by atoms with Gasteiger partial charge in [0.2, 0.25) is 0 Å². The fourth-order valence-electron chi connectivity index (χ4n) is 3.68. The SMILES string of the molecule is C1=C(c2cncc(Oc3ccccc3)c2)CC2CNCC(C1)C2. The molecule has 1 saturated heterocycles. The number of ether oxygens (including phenoxy) is 1. The first-order valence-corrected chi connectivity index (χ1v) is 8.45. The molecule has 1 fully saturated rings. The molecule has 1 aromatic carbocycles. The minimum Gasteiger partial charge on any atom is -0.456 e. The number of allylic oxidation sites excluding steroid dienone is 2. The number of nitrogens with one attached hydrogen (secondary N) is 1. The van der Waals surface area contributed by atoms with E-state index in [1.807, 2.05) is 36.5 Å². The molecule has 1 aromatic heterocycles. The van der Waals surface area contributed by atoms with Crippen LogP contribution in [0.5, 0.6) is 11.5 Å². The summed E-state index contributed by atoms with van der Waals surface area (Å²) in [6, 6.07) is 12.0. The lowest BCUT2D eigenvalue weighted by Crippen LogP contribution is -2.35. The van der Waals surface area contributed by atoms with Crippen LogP contribution in [0.3, 0.4) is 0 Å². The van der Waals surface area contributed by atoms with Crippen LogP contribution in [-0.2, 0) is 0 Å². The molecule has 3 heteroatoms. The van der Waals surface area contributed by atoms with E-state index in [1.165, 1.54) is 24.0 Å². The van der Waals surface area contributed by atoms with E-state index in [0.717, 1.165) is 42.8 Å². The van der Waals surface area contributed by atoms with E-state index in [9.17, 15) is 0 Å². The number of piperidine rings is 1. The highest BCUT2D eigenvalue weighted by Gasteiger charge is 2.25. The number of hydrogen-bond donors (Lipinski definition) is 1. The van der Waals surface area contributed by atoms with Crippen molar-refractivity contribution in [1.82, 2.24) is 10.3 Å². The predicted octanol–water partition coefficient (Wildman–Crippen LogP) is 4.28. The quantitative estimate of drug-likeness (QED) is 0.919. The molecule has 2 aromatic rings. The first-order chi connectivity index (χ1) is 11.4. The third kappa shape index (κ3) is 3.45. The van der Waals surface area contributed by atoms with Gasteiger partial charge in [0.25, 0.3) is 0 Å². The molecule has 2 unspecified atom stereocenters. The molecule has 1 N–H and O–H groups in total. The van der Waals surface area contributed by atoms with Gasteiger partial charge in [0.1, 0.15) is 11.5 Å². The van der Waals surface area contributed by atoms with E-state index in [1.54, 1.807) is 6.20 Å². The van der Waals surface area contributed by atoms with Crippen LogP contribution in [0.2, 0.25) is 0 Å². The van der Waals surface area contributed by atoms with Crippen LogP contribution < -0.4 is 10.1 Å². The number of nitrogens with zero attached hydrogens (tertiary/aromatic N) is 1. The monoisotopic (exact) mass is 306 g/mol. The maximum atomic E-state index is 5.93. The van der Waals surface area contributed by atoms with Crippen molar-refractivity contribution in [2.24, 2.45) is 11.8 Å². The Morgan fingerprint density at radius 3 is 2.78 bits per heavy atom. The minimum absolute atomic E-state index is 0.751. The molecule has 2 atom stereocenters. The number of rotatable bonds is 3. The van der Waals surface area contributed by atoms with Gasteiger partial charge >= 0.3 is 0 Å². The summed E-state index contributed by atoms with van der Waals surface area (Å²) in [6.07, 6.45) is 9.82. The van der Waals surface area contributed by atoms with Crippen molar-refractivity contribution in [2.45, 2.75) is 19.3 Å². The Bertz CT molecular complexity index is 696. The third-order valence-electron chi connectivity index (χ3n) is 4.80. The van der Waals surface area contributed by atoms with E-state index < -0.39 is 0 Å². The van der Waals surface area contributed by atoms with Crippen LogP contribution in [0.15, 0.2) is 54.9 Å². The number of benzene rings is 1. The summed E-state index contributed by atoms with van der Waals surface area (Å²) in [7, 11) is 0. The second kappa shape index (κ2) is 6.55. The zero-order chi connectivity index (χ0) is 15.5. The van der Waals surface area contributed by atoms with E-state index in [4.69, 9.17) is 4.74 Å². The van der Waals surface area contributed by atoms with Gasteiger partial charge in [-0.2, -0.15) is 0 Å². The zero-order valence-corrected chi connectivity index (χ0v) is 13.2. The van der Waals surface area contributed by atoms with Crippen LogP contribution in [0.1, 0.15) is 24.8 Å². The molecule has 4 rings (SSSR count). The van der Waals surface area contributed by atoms with Crippen molar-refractivity contribution in [3.05, 3.63) is 60.4 Å². The smallest absolute Gasteiger partial charge is 0.146 e. The Morgan fingerprint density at radius 1 is 1.00 bits per heavy atom. The first kappa shape index (κ1) is 14.5. The highest BCUT2D eigenvalue weighted by molar-refractivity contribution is 5.66. The average molecular weight is 306 g/mol. The largest absolute Gasteiger partial charge is 0.456 e. The van der Waals surface area contributed by atoms with E-state index in [2.05, 4.69) is 22.4 Å². The van der Waals surface area contributed by atoms with Gasteiger partial charge in [0.05, 0.1) is 6.20 Å². The van der Waals surface area contributed by atoms with E-state index in [-0.39, 0.29) is 0 Å². The molecule has 0 saturated carbocycles. The summed E-state index contributed by atoms with van der Waals surface area (Å²) in [5.74, 6) is 3.20. The summed E-state index contributed by atoms with van der Waals surface area (Å²) in [5.41, 5.74) is 2.62. The van der Waals surface area contributed by atoms with Crippen molar-refractivity contribution in [2.75, 3.05) is 13.1 Å². The highest BCUT2D eigenvalue weighted by atomic mass is 16.5. The topological polar surface area (TPSA) is 34.1 Å². The Labute approximate surface area is 137 Å². The molecule has 1 aliphatic heterocycles. The fourth-order valence-corrected chi connectivity index (χ4v) is 3.68. The molecule has 3 nitrogen and oxygen atoms in total. The van der Waals surface area contributed by atoms with Crippen LogP contribution >= 0.6 is 0 Å². The molecule has 0 amide bonds. The maximum Gasteiger partial charge on any atom is 0.146 e. The minimum atomic E-state index is 0.751. The molecule has 1 aliphatic carbocycles. The number of aromatic nitrogens is 1. The van der Waals surface area contributed by atoms with Gasteiger partial charge in [0.15, 0.2) is 0 Å². The van der Waals surface area contributed by atoms with Crippen molar-refractivity contribution in [3.63, 3.8) is 0 Å². The molecule has 0 spiro atoms. The number of fused-ring (bicyclic) bond motifs is 2. The van der Waals surface area contributed by atoms with Gasteiger partial charge in [-0.05, 0) is 73.5 Å². The van der Waals surface area contributed by atoms with Crippen LogP contribution in [0.4, 0.5) is 0 Å². The van der Waals surface area contributed by atoms with Gasteiger partial charge in [-0.25, -0.2) is 0 Å². The lowest BCUT2D eigenvalue weighted by Gasteiger charge is -2.27. The van der Waals surface area contributed by atoms with Gasteiger partial charge in [0, 0.05) is 6.20 Å². The summed E-state index contributed by atoms with van der Waals surface area (Å²) in [4.78, 5) is 4.39. The first-order valence-electron chi connectivity index (χ1n) is 8.45. The van der Waals surface area contributed by atoms with Gasteiger partial charge in [-0.1, -0.05) is 24.3 Å². The summed E-state index contributed by atoms with van der Waals surface area (Å²) >= 11 is 0. The molecular weight excluding hydrogens is 284 g/mol. The van der Waals surface area contributed by atoms with E-state index >= 15 is 0 Å². The van der Waals surface area contributed by atoms with Gasteiger partial charge in [-0.15, -0.1) is 0 Å². The van der Waals surface area contributed by atoms with E-state index in [0.29, 0.717) is 0 Å². The Balaban J connectivity index is 1.56. The maximum absolute atomic E-state index is 5.93. The fraction of sp³-hybridized carbons (Fsp3) is 0.350. The molecule has 2 bridgehead atoms. The lowest BCUT2D eigenvalue weighted by molar-refractivity contribution is 0.298. The summed E-state index contributed by atoms with van der Waals surface area (Å²) in [5, 5.41) is 3.57. The average Bonchev–Trinajstić information content (AvgIpc) is 2.74. The Hall–Kier alpha value is -2.13. The molecule has 23 heavy (non-hydrogen) atoms. The van der Waals surface area contributed by atoms with Gasteiger partial charge in [-0.3, -0.25) is 4.98 Å². The second-order valence-corrected chi connectivity index (χ2v) is 6.62. The van der Waals surface area contributed by atoms with Crippen molar-refractivity contribution in [3.8, 4) is 11.5 Å². The molecule has 118 valence electrons. The molecule has 2 aliphatic rings. The van der Waals surface area contributed by atoms with Crippen LogP contribution in [0, 0.1) is 11.8 Å². The normalized spacial score (nSPS) is 23.7. The summed E-state index contributed by atoms with van der Waals surface area (Å²) in [6.45, 7) is 2.30. The molecule has 2 heterocycles. The number of hydrogen-bond acceptors (Lipinski definition) is 3. The number of para-hydroxylation sites is 1. The van der Waals surface area contributed by atoms with Crippen LogP contribution in [-0.4, -0.2) is 18.1 Å². The summed E-state index contributed by atoms with van der Waals surface area (Å²) < 4.78 is 5.93. The predicted molar refractivity (Wildman–Crippen MR) is 92.4 cm³/mol. The van der Waals surface area contributed by atoms with Crippen molar-refractivity contribution < 1.29 is 4.74 Å². The second-order valence-electron chi connectivity index (χ2n) is 6.62. The molecule has 0 radical (unpaired) electrons. The van der Waals surface area contributed by atoms with Crippen LogP contribution in [0.25, 0.3) is 5.57 Å². The third-order valence-corrected chi connectivity index (χ3v) is 4.80. The zero-order valence-electron chi connectivity index (χ0n) is 13.2. The van der Waals surface area contributed by atoms with Crippen molar-refractivity contribution >= 4 is 5.57 Å². The number of pyridine rings is 1. The Morgan fingerprint density at radius 2 is 1.87 bits per heavy atom. The lowest BCUT2D eigenvalue weighted by atomic mass is 9.88. The molecular formula is C20H22N2O. The van der Waals surface area contributed by atoms with Crippen molar-refractivity contribution in [1.29, 1.82) is 0 Å². The van der Waals surface area contributed by atoms with Gasteiger partial charge < -0.3 is 10.1 Å². The standard InChI is InChI=1S/C20H22N2O/c1-2-4-19(5-3-1)23-20-10-18(13-22-14-20)17-7-6-15-8-16(9-17)12-21-11-15/h1-5,7,10,13-16,21H,6,8-9,11-12H2. The Kier molecular flexibility index (Phi) is 4.12. The highest BCUT2D eigenvalue weighted by Crippen LogP contribution is 2.35.